The maximum absolute atomic E-state index is 12.5. The van der Waals surface area contributed by atoms with Gasteiger partial charge < -0.3 is 15.7 Å². The zero-order chi connectivity index (χ0) is 19.6. The van der Waals surface area contributed by atoms with Crippen molar-refractivity contribution in [3.63, 3.8) is 0 Å². The minimum atomic E-state index is -1.14. The van der Waals surface area contributed by atoms with Crippen molar-refractivity contribution >= 4 is 17.7 Å². The summed E-state index contributed by atoms with van der Waals surface area (Å²) in [4.78, 5) is 22.6. The van der Waals surface area contributed by atoms with E-state index in [2.05, 4.69) is 9.98 Å². The molecule has 2 aromatic rings. The number of benzene rings is 1. The fourth-order valence-electron chi connectivity index (χ4n) is 3.08. The van der Waals surface area contributed by atoms with E-state index in [-0.39, 0.29) is 5.91 Å². The predicted molar refractivity (Wildman–Crippen MR) is 106 cm³/mol. The lowest BCUT2D eigenvalue weighted by Gasteiger charge is -2.21. The van der Waals surface area contributed by atoms with E-state index < -0.39 is 5.60 Å². The van der Waals surface area contributed by atoms with Crippen molar-refractivity contribution in [1.29, 1.82) is 0 Å². The molecule has 0 bridgehead atoms. The Morgan fingerprint density at radius 1 is 1.33 bits per heavy atom. The maximum Gasteiger partial charge on any atom is 0.256 e. The number of carbonyl (C=O) groups excluding carboxylic acids is 1. The van der Waals surface area contributed by atoms with Crippen molar-refractivity contribution in [2.75, 3.05) is 7.05 Å². The van der Waals surface area contributed by atoms with Gasteiger partial charge in [0.05, 0.1) is 23.4 Å². The molecule has 0 saturated carbocycles. The summed E-state index contributed by atoms with van der Waals surface area (Å²) >= 11 is 0. The van der Waals surface area contributed by atoms with Gasteiger partial charge in [0.1, 0.15) is 0 Å². The Kier molecular flexibility index (Phi) is 5.10. The first-order valence-corrected chi connectivity index (χ1v) is 8.78. The molecule has 0 spiro atoms. The number of hydrogen-bond donors (Lipinski definition) is 2. The summed E-state index contributed by atoms with van der Waals surface area (Å²) in [6.07, 6.45) is 3.36. The number of rotatable bonds is 5. The third kappa shape index (κ3) is 3.90. The number of aromatic nitrogens is 1. The van der Waals surface area contributed by atoms with E-state index in [1.807, 2.05) is 30.3 Å². The van der Waals surface area contributed by atoms with Crippen molar-refractivity contribution in [1.82, 2.24) is 9.88 Å². The fourth-order valence-corrected chi connectivity index (χ4v) is 3.08. The largest absolute Gasteiger partial charge is 0.399 e. The van der Waals surface area contributed by atoms with Gasteiger partial charge in [0, 0.05) is 37.3 Å². The predicted octanol–water partition coefficient (Wildman–Crippen LogP) is 2.38. The van der Waals surface area contributed by atoms with E-state index in [0.29, 0.717) is 29.9 Å². The zero-order valence-electron chi connectivity index (χ0n) is 15.8. The van der Waals surface area contributed by atoms with Crippen molar-refractivity contribution < 1.29 is 9.90 Å². The molecule has 0 fully saturated rings. The fraction of sp³-hybridized carbons (Fsp3) is 0.286. The summed E-state index contributed by atoms with van der Waals surface area (Å²) in [5.74, 6) is 0.00662. The smallest absolute Gasteiger partial charge is 0.256 e. The van der Waals surface area contributed by atoms with E-state index >= 15 is 0 Å². The van der Waals surface area contributed by atoms with Crippen molar-refractivity contribution in [3.05, 3.63) is 70.7 Å². The van der Waals surface area contributed by atoms with Crippen LogP contribution in [0.15, 0.2) is 53.3 Å². The van der Waals surface area contributed by atoms with Crippen molar-refractivity contribution in [2.24, 2.45) is 10.7 Å². The molecule has 1 aliphatic heterocycles. The molecular formula is C21H24N4O2. The second kappa shape index (κ2) is 7.32. The molecule has 6 nitrogen and oxygen atoms in total. The summed E-state index contributed by atoms with van der Waals surface area (Å²) in [6.45, 7) is 4.32. The number of aliphatic hydroxyl groups is 1. The molecule has 1 aromatic heterocycles. The highest BCUT2D eigenvalue weighted by Crippen LogP contribution is 2.25. The second-order valence-corrected chi connectivity index (χ2v) is 7.13. The molecule has 3 N–H and O–H groups in total. The number of aliphatic imine (C=N–C) groups is 1. The van der Waals surface area contributed by atoms with Gasteiger partial charge in [-0.2, -0.15) is 0 Å². The van der Waals surface area contributed by atoms with Crippen LogP contribution in [0.5, 0.6) is 0 Å². The van der Waals surface area contributed by atoms with Gasteiger partial charge in [-0.1, -0.05) is 24.3 Å². The van der Waals surface area contributed by atoms with Gasteiger partial charge in [0.15, 0.2) is 0 Å². The van der Waals surface area contributed by atoms with E-state index in [1.54, 1.807) is 44.3 Å². The Balaban J connectivity index is 1.81. The third-order valence-electron chi connectivity index (χ3n) is 4.59. The molecule has 1 aliphatic rings. The lowest BCUT2D eigenvalue weighted by atomic mass is 9.95. The van der Waals surface area contributed by atoms with Crippen LogP contribution in [0.4, 0.5) is 0 Å². The first-order valence-electron chi connectivity index (χ1n) is 8.78. The number of hydrogen-bond acceptors (Lipinski definition) is 5. The van der Waals surface area contributed by atoms with Gasteiger partial charge in [-0.25, -0.2) is 0 Å². The molecule has 0 atom stereocenters. The molecule has 1 amide bonds. The molecule has 1 aromatic carbocycles. The SMILES string of the molecule is CN=C/C(=C(\N)C(C)(C)O)c1ccc(CN2Cc3ncccc3C2=O)cc1. The van der Waals surface area contributed by atoms with Crippen LogP contribution in [0.1, 0.15) is 41.0 Å². The van der Waals surface area contributed by atoms with Crippen LogP contribution < -0.4 is 5.73 Å². The minimum Gasteiger partial charge on any atom is -0.399 e. The first-order chi connectivity index (χ1) is 12.8. The van der Waals surface area contributed by atoms with Gasteiger partial charge in [0.25, 0.3) is 5.91 Å². The molecule has 2 heterocycles. The quantitative estimate of drug-likeness (QED) is 0.797. The van der Waals surface area contributed by atoms with E-state index in [1.165, 1.54) is 0 Å². The Morgan fingerprint density at radius 3 is 2.63 bits per heavy atom. The topological polar surface area (TPSA) is 91.8 Å². The highest BCUT2D eigenvalue weighted by Gasteiger charge is 2.28. The summed E-state index contributed by atoms with van der Waals surface area (Å²) in [7, 11) is 1.66. The molecule has 0 aliphatic carbocycles. The highest BCUT2D eigenvalue weighted by atomic mass is 16.3. The van der Waals surface area contributed by atoms with Crippen LogP contribution in [-0.4, -0.2) is 39.8 Å². The Bertz CT molecular complexity index is 909. The summed E-state index contributed by atoms with van der Waals surface area (Å²) < 4.78 is 0. The number of nitrogens with zero attached hydrogens (tertiary/aromatic N) is 3. The highest BCUT2D eigenvalue weighted by molar-refractivity contribution is 6.11. The van der Waals surface area contributed by atoms with Crippen molar-refractivity contribution in [2.45, 2.75) is 32.5 Å². The van der Waals surface area contributed by atoms with Gasteiger partial charge >= 0.3 is 0 Å². The molecular weight excluding hydrogens is 340 g/mol. The Hall–Kier alpha value is -2.99. The van der Waals surface area contributed by atoms with E-state index in [4.69, 9.17) is 5.73 Å². The van der Waals surface area contributed by atoms with E-state index in [0.717, 1.165) is 16.8 Å². The average Bonchev–Trinajstić information content (AvgIpc) is 2.95. The van der Waals surface area contributed by atoms with Crippen LogP contribution in [-0.2, 0) is 13.1 Å². The van der Waals surface area contributed by atoms with Crippen LogP contribution >= 0.6 is 0 Å². The number of pyridine rings is 1. The average molecular weight is 364 g/mol. The van der Waals surface area contributed by atoms with Crippen LogP contribution in [0.25, 0.3) is 5.57 Å². The summed E-state index contributed by atoms with van der Waals surface area (Å²) in [6, 6.07) is 11.4. The number of amides is 1. The van der Waals surface area contributed by atoms with Gasteiger partial charge in [-0.05, 0) is 37.1 Å². The van der Waals surface area contributed by atoms with Crippen LogP contribution in [0.3, 0.4) is 0 Å². The number of nitrogens with two attached hydrogens (primary N) is 1. The first kappa shape index (κ1) is 18.8. The molecule has 6 heteroatoms. The van der Waals surface area contributed by atoms with Crippen LogP contribution in [0, 0.1) is 0 Å². The molecule has 3 rings (SSSR count). The molecule has 140 valence electrons. The van der Waals surface area contributed by atoms with Gasteiger partial charge in [0.2, 0.25) is 0 Å². The monoisotopic (exact) mass is 364 g/mol. The lowest BCUT2D eigenvalue weighted by molar-refractivity contribution is 0.0766. The summed E-state index contributed by atoms with van der Waals surface area (Å²) in [5, 5.41) is 10.2. The van der Waals surface area contributed by atoms with E-state index in [9.17, 15) is 9.90 Å². The number of fused-ring (bicyclic) bond motifs is 1. The van der Waals surface area contributed by atoms with Crippen LogP contribution in [0.2, 0.25) is 0 Å². The maximum atomic E-state index is 12.5. The Labute approximate surface area is 159 Å². The van der Waals surface area contributed by atoms with Crippen molar-refractivity contribution in [3.8, 4) is 0 Å². The molecule has 0 unspecified atom stereocenters. The standard InChI is InChI=1S/C21H24N4O2/c1-21(2,27)19(22)17(11-23-3)15-8-6-14(7-9-15)12-25-13-18-16(20(25)26)5-4-10-24-18/h4-11,27H,12-13,22H2,1-3H3/b19-17+,23-11?. The number of carbonyl (C=O) groups is 1. The summed E-state index contributed by atoms with van der Waals surface area (Å²) in [5.41, 5.74) is 9.40. The molecule has 0 radical (unpaired) electrons. The third-order valence-corrected chi connectivity index (χ3v) is 4.59. The second-order valence-electron chi connectivity index (χ2n) is 7.13. The number of allylic oxidation sites excluding steroid dienone is 1. The minimum absolute atomic E-state index is 0.00662. The van der Waals surface area contributed by atoms with Gasteiger partial charge in [-0.3, -0.25) is 14.8 Å². The normalized spacial score (nSPS) is 15.3. The zero-order valence-corrected chi connectivity index (χ0v) is 15.8. The lowest BCUT2D eigenvalue weighted by Crippen LogP contribution is -2.29. The molecule has 27 heavy (non-hydrogen) atoms. The van der Waals surface area contributed by atoms with Gasteiger partial charge in [-0.15, -0.1) is 0 Å². The Morgan fingerprint density at radius 2 is 2.04 bits per heavy atom. The molecule has 0 saturated heterocycles.